The largest absolute Gasteiger partial charge is 0.468 e. The highest BCUT2D eigenvalue weighted by molar-refractivity contribution is 9.10. The summed E-state index contributed by atoms with van der Waals surface area (Å²) in [6, 6.07) is 15.0. The molecular weight excluding hydrogens is 364 g/mol. The van der Waals surface area contributed by atoms with E-state index in [4.69, 9.17) is 4.74 Å². The number of rotatable bonds is 3. The van der Waals surface area contributed by atoms with E-state index in [-0.39, 0.29) is 5.78 Å². The molecule has 22 heavy (non-hydrogen) atoms. The molecule has 0 unspecified atom stereocenters. The number of Topliss-reactive ketones (excluding diaryl/α,β-unsaturated/α-hetero) is 1. The molecule has 0 amide bonds. The van der Waals surface area contributed by atoms with E-state index in [0.29, 0.717) is 12.0 Å². The average molecular weight is 377 g/mol. The van der Waals surface area contributed by atoms with Gasteiger partial charge in [0.2, 0.25) is 0 Å². The third-order valence-corrected chi connectivity index (χ3v) is 5.52. The number of ether oxygens (including phenoxy) is 1. The first-order chi connectivity index (χ1) is 10.6. The van der Waals surface area contributed by atoms with Gasteiger partial charge in [-0.3, -0.25) is 9.59 Å². The number of thioether (sulfide) groups is 1. The number of carbonyl (C=O) groups excluding carboxylic acids is 2. The van der Waals surface area contributed by atoms with E-state index < -0.39 is 10.7 Å². The van der Waals surface area contributed by atoms with Crippen LogP contribution in [0.5, 0.6) is 0 Å². The Hall–Kier alpha value is -1.59. The van der Waals surface area contributed by atoms with E-state index in [2.05, 4.69) is 15.9 Å². The molecule has 5 heteroatoms. The molecule has 0 saturated carbocycles. The highest BCUT2D eigenvalue weighted by Crippen LogP contribution is 2.45. The zero-order chi connectivity index (χ0) is 15.7. The molecule has 2 aromatic rings. The van der Waals surface area contributed by atoms with Crippen molar-refractivity contribution in [1.82, 2.24) is 0 Å². The molecule has 0 saturated heterocycles. The fourth-order valence-electron chi connectivity index (χ4n) is 2.62. The fraction of sp³-hybridized carbons (Fsp3) is 0.176. The van der Waals surface area contributed by atoms with Crippen molar-refractivity contribution in [3.8, 4) is 0 Å². The molecule has 3 nitrogen and oxygen atoms in total. The summed E-state index contributed by atoms with van der Waals surface area (Å²) < 4.78 is 4.54. The summed E-state index contributed by atoms with van der Waals surface area (Å²) in [5.74, 6) is -0.692. The molecule has 0 bridgehead atoms. The molecule has 0 aliphatic heterocycles. The first kappa shape index (κ1) is 15.3. The van der Waals surface area contributed by atoms with Crippen LogP contribution in [0.3, 0.4) is 0 Å². The first-order valence-electron chi connectivity index (χ1n) is 6.72. The summed E-state index contributed by atoms with van der Waals surface area (Å²) in [6.45, 7) is 0. The van der Waals surface area contributed by atoms with Crippen molar-refractivity contribution in [1.29, 1.82) is 0 Å². The average Bonchev–Trinajstić information content (AvgIpc) is 2.81. The maximum atomic E-state index is 12.9. The Morgan fingerprint density at radius 1 is 1.23 bits per heavy atom. The van der Waals surface area contributed by atoms with Gasteiger partial charge < -0.3 is 4.74 Å². The Balaban J connectivity index is 2.06. The van der Waals surface area contributed by atoms with Gasteiger partial charge in [0.1, 0.15) is 0 Å². The lowest BCUT2D eigenvalue weighted by Crippen LogP contribution is -2.42. The van der Waals surface area contributed by atoms with E-state index in [1.807, 2.05) is 42.5 Å². The minimum absolute atomic E-state index is 0.190. The van der Waals surface area contributed by atoms with Crippen molar-refractivity contribution < 1.29 is 14.3 Å². The van der Waals surface area contributed by atoms with E-state index in [9.17, 15) is 9.59 Å². The highest BCUT2D eigenvalue weighted by atomic mass is 79.9. The third-order valence-electron chi connectivity index (χ3n) is 3.67. The van der Waals surface area contributed by atoms with Crippen LogP contribution in [0.25, 0.3) is 0 Å². The van der Waals surface area contributed by atoms with Gasteiger partial charge in [-0.1, -0.05) is 52.0 Å². The Bertz CT molecular complexity index is 745. The van der Waals surface area contributed by atoms with Crippen LogP contribution >= 0.6 is 27.7 Å². The van der Waals surface area contributed by atoms with E-state index in [0.717, 1.165) is 14.9 Å². The van der Waals surface area contributed by atoms with Gasteiger partial charge in [0, 0.05) is 21.4 Å². The van der Waals surface area contributed by atoms with Crippen LogP contribution in [0.4, 0.5) is 0 Å². The fourth-order valence-corrected chi connectivity index (χ4v) is 4.28. The Morgan fingerprint density at radius 3 is 2.64 bits per heavy atom. The summed E-state index contributed by atoms with van der Waals surface area (Å²) in [5, 5.41) is 0. The van der Waals surface area contributed by atoms with Crippen molar-refractivity contribution in [3.63, 3.8) is 0 Å². The summed E-state index contributed by atoms with van der Waals surface area (Å²) >= 11 is 4.64. The topological polar surface area (TPSA) is 43.4 Å². The summed E-state index contributed by atoms with van der Waals surface area (Å²) in [4.78, 5) is 26.2. The van der Waals surface area contributed by atoms with Crippen LogP contribution in [0.15, 0.2) is 57.9 Å². The maximum Gasteiger partial charge on any atom is 0.330 e. The van der Waals surface area contributed by atoms with E-state index in [1.165, 1.54) is 18.9 Å². The van der Waals surface area contributed by atoms with Crippen molar-refractivity contribution in [3.05, 3.63) is 64.1 Å². The Morgan fingerprint density at radius 2 is 1.95 bits per heavy atom. The quantitative estimate of drug-likeness (QED) is 0.601. The summed E-state index contributed by atoms with van der Waals surface area (Å²) in [5.41, 5.74) is 1.46. The second kappa shape index (κ2) is 5.89. The molecule has 0 N–H and O–H groups in total. The van der Waals surface area contributed by atoms with Gasteiger partial charge in [0.25, 0.3) is 0 Å². The van der Waals surface area contributed by atoms with Crippen LogP contribution in [0.1, 0.15) is 15.9 Å². The van der Waals surface area contributed by atoms with Gasteiger partial charge in [-0.05, 0) is 29.8 Å². The van der Waals surface area contributed by atoms with Gasteiger partial charge >= 0.3 is 5.97 Å². The molecular formula is C17H13BrO3S. The zero-order valence-corrected chi connectivity index (χ0v) is 14.2. The number of ketones is 1. The number of hydrogen-bond donors (Lipinski definition) is 0. The number of carbonyl (C=O) groups is 2. The summed E-state index contributed by atoms with van der Waals surface area (Å²) in [7, 11) is 1.32. The van der Waals surface area contributed by atoms with Crippen molar-refractivity contribution in [2.24, 2.45) is 0 Å². The normalized spacial score (nSPS) is 19.8. The standard InChI is InChI=1S/C17H13BrO3S/c1-21-16(20)17(22-13-5-3-2-4-6-13)10-11-7-8-12(18)9-14(11)15(17)19/h2-9H,10H2,1H3/t17-/m0/s1. The van der Waals surface area contributed by atoms with E-state index >= 15 is 0 Å². The van der Waals surface area contributed by atoms with Gasteiger partial charge in [-0.2, -0.15) is 0 Å². The van der Waals surface area contributed by atoms with Crippen molar-refractivity contribution in [2.45, 2.75) is 16.1 Å². The molecule has 1 atom stereocenters. The molecule has 112 valence electrons. The number of hydrogen-bond acceptors (Lipinski definition) is 4. The monoisotopic (exact) mass is 376 g/mol. The maximum absolute atomic E-state index is 12.9. The highest BCUT2D eigenvalue weighted by Gasteiger charge is 2.53. The Labute approximate surface area is 141 Å². The molecule has 0 fully saturated rings. The number of benzene rings is 2. The van der Waals surface area contributed by atoms with Crippen molar-refractivity contribution >= 4 is 39.4 Å². The smallest absolute Gasteiger partial charge is 0.330 e. The number of esters is 1. The number of halogens is 1. The second-order valence-corrected chi connectivity index (χ2v) is 7.33. The van der Waals surface area contributed by atoms with Gasteiger partial charge in [0.15, 0.2) is 10.5 Å². The molecule has 1 aliphatic carbocycles. The lowest BCUT2D eigenvalue weighted by atomic mass is 10.0. The molecule has 2 aromatic carbocycles. The molecule has 1 aliphatic rings. The minimum Gasteiger partial charge on any atom is -0.468 e. The SMILES string of the molecule is COC(=O)[C@]1(Sc2ccccc2)Cc2ccc(Br)cc2C1=O. The molecule has 0 heterocycles. The van der Waals surface area contributed by atoms with Gasteiger partial charge in [-0.25, -0.2) is 0 Å². The second-order valence-electron chi connectivity index (χ2n) is 5.04. The van der Waals surface area contributed by atoms with Crippen LogP contribution in [-0.2, 0) is 16.0 Å². The lowest BCUT2D eigenvalue weighted by molar-refractivity contribution is -0.141. The minimum atomic E-state index is -1.24. The Kier molecular flexibility index (Phi) is 4.10. The van der Waals surface area contributed by atoms with E-state index in [1.54, 1.807) is 6.07 Å². The van der Waals surface area contributed by atoms with Gasteiger partial charge in [-0.15, -0.1) is 0 Å². The van der Waals surface area contributed by atoms with Crippen LogP contribution in [0.2, 0.25) is 0 Å². The zero-order valence-electron chi connectivity index (χ0n) is 11.8. The number of fused-ring (bicyclic) bond motifs is 1. The summed E-state index contributed by atoms with van der Waals surface area (Å²) in [6.07, 6.45) is 0.348. The molecule has 0 radical (unpaired) electrons. The lowest BCUT2D eigenvalue weighted by Gasteiger charge is -2.23. The molecule has 0 spiro atoms. The molecule has 0 aromatic heterocycles. The third kappa shape index (κ3) is 2.48. The first-order valence-corrected chi connectivity index (χ1v) is 8.33. The predicted octanol–water partition coefficient (Wildman–Crippen LogP) is 3.89. The predicted molar refractivity (Wildman–Crippen MR) is 89.2 cm³/mol. The molecule has 3 rings (SSSR count). The van der Waals surface area contributed by atoms with Crippen LogP contribution in [-0.4, -0.2) is 23.6 Å². The van der Waals surface area contributed by atoms with Crippen LogP contribution in [0, 0.1) is 0 Å². The van der Waals surface area contributed by atoms with Crippen molar-refractivity contribution in [2.75, 3.05) is 7.11 Å². The number of methoxy groups -OCH3 is 1. The van der Waals surface area contributed by atoms with Gasteiger partial charge in [0.05, 0.1) is 7.11 Å². The van der Waals surface area contributed by atoms with Crippen LogP contribution < -0.4 is 0 Å².